The van der Waals surface area contributed by atoms with Crippen LogP contribution in [0, 0.1) is 5.92 Å². The summed E-state index contributed by atoms with van der Waals surface area (Å²) in [6, 6.07) is 0. The van der Waals surface area contributed by atoms with Crippen LogP contribution in [0.3, 0.4) is 0 Å². The Labute approximate surface area is 118 Å². The van der Waals surface area contributed by atoms with Crippen LogP contribution < -0.4 is 0 Å². The minimum Gasteiger partial charge on any atom is -0.545 e. The van der Waals surface area contributed by atoms with Crippen LogP contribution in [0.25, 0.3) is 0 Å². The maximum atomic E-state index is 7.75. The summed E-state index contributed by atoms with van der Waals surface area (Å²) in [4.78, 5) is 19.4. The molecule has 0 amide bonds. The first kappa shape index (κ1) is 25.1. The second-order valence-corrected chi connectivity index (χ2v) is 3.30. The molecule has 1 rings (SSSR count). The minimum atomic E-state index is 0. The van der Waals surface area contributed by atoms with Gasteiger partial charge in [-0.2, -0.15) is 20.8 Å². The van der Waals surface area contributed by atoms with E-state index in [1.54, 1.807) is 6.20 Å². The Bertz CT molecular complexity index is 200. The summed E-state index contributed by atoms with van der Waals surface area (Å²) < 4.78 is 2.07. The first-order valence-corrected chi connectivity index (χ1v) is 4.86. The fourth-order valence-corrected chi connectivity index (χ4v) is 0.677. The molecular formula is C12H21N2O2Ru. The summed E-state index contributed by atoms with van der Waals surface area (Å²) in [5, 5.41) is 0. The Balaban J connectivity index is -0.0000000814. The zero-order valence-corrected chi connectivity index (χ0v) is 12.6. The van der Waals surface area contributed by atoms with Crippen molar-refractivity contribution in [1.82, 2.24) is 9.55 Å². The second kappa shape index (κ2) is 24.4. The van der Waals surface area contributed by atoms with Crippen LogP contribution in [0.4, 0.5) is 0 Å². The van der Waals surface area contributed by atoms with Crippen LogP contribution in [0.2, 0.25) is 0 Å². The Morgan fingerprint density at radius 2 is 1.59 bits per heavy atom. The zero-order chi connectivity index (χ0) is 13.4. The third-order valence-electron chi connectivity index (χ3n) is 1.04. The summed E-state index contributed by atoms with van der Waals surface area (Å²) in [6.07, 6.45) is 6.79. The average molecular weight is 326 g/mol. The Morgan fingerprint density at radius 1 is 1.18 bits per heavy atom. The van der Waals surface area contributed by atoms with E-state index in [1.165, 1.54) is 12.3 Å². The molecule has 1 aromatic heterocycles. The maximum Gasteiger partial charge on any atom is 3.00 e. The third kappa shape index (κ3) is 31.3. The largest absolute Gasteiger partial charge is 3.00 e. The molecule has 17 heavy (non-hydrogen) atoms. The van der Waals surface area contributed by atoms with Crippen molar-refractivity contribution < 1.29 is 29.1 Å². The SMILES string of the molecule is CCCn1ccnc1.C[C-](C)C.[CH-]=O.[CH-]=O.[Ru+3]. The molecular weight excluding hydrogens is 305 g/mol. The van der Waals surface area contributed by atoms with Crippen molar-refractivity contribution in [3.63, 3.8) is 0 Å². The fraction of sp³-hybridized carbons (Fsp3) is 0.500. The van der Waals surface area contributed by atoms with E-state index in [2.05, 4.69) is 50.8 Å². The maximum absolute atomic E-state index is 7.75. The van der Waals surface area contributed by atoms with E-state index in [4.69, 9.17) is 9.59 Å². The summed E-state index contributed by atoms with van der Waals surface area (Å²) in [7, 11) is 0. The smallest absolute Gasteiger partial charge is 0.545 e. The molecule has 0 aliphatic rings. The predicted octanol–water partition coefficient (Wildman–Crippen LogP) is 2.36. The standard InChI is InChI=1S/C6H10N2.C4H9.2CHO.Ru/c1-2-4-8-5-3-7-6-8;1-4(2)3;2*1-2;/h3,5-6H,2,4H2,1H3;1-3H3;2*1H;/q;3*-1;+3. The molecule has 0 unspecified atom stereocenters. The molecule has 0 aliphatic carbocycles. The van der Waals surface area contributed by atoms with Crippen molar-refractivity contribution in [2.24, 2.45) is 0 Å². The number of aromatic nitrogens is 2. The van der Waals surface area contributed by atoms with Gasteiger partial charge >= 0.3 is 19.5 Å². The number of nitrogens with zero attached hydrogens (tertiary/aromatic N) is 2. The van der Waals surface area contributed by atoms with Crippen molar-refractivity contribution in [2.75, 3.05) is 0 Å². The Hall–Kier alpha value is -0.827. The van der Waals surface area contributed by atoms with Crippen molar-refractivity contribution in [3.8, 4) is 0 Å². The molecule has 1 radical (unpaired) electrons. The molecule has 5 heteroatoms. The van der Waals surface area contributed by atoms with Gasteiger partial charge in [0.1, 0.15) is 0 Å². The third-order valence-corrected chi connectivity index (χ3v) is 1.04. The Kier molecular flexibility index (Phi) is 36.1. The van der Waals surface area contributed by atoms with Gasteiger partial charge in [-0.1, -0.05) is 6.92 Å². The van der Waals surface area contributed by atoms with Crippen LogP contribution in [0.5, 0.6) is 0 Å². The van der Waals surface area contributed by atoms with Crippen LogP contribution in [-0.4, -0.2) is 23.1 Å². The van der Waals surface area contributed by atoms with Gasteiger partial charge in [0.15, 0.2) is 0 Å². The first-order chi connectivity index (χ1) is 7.66. The van der Waals surface area contributed by atoms with Gasteiger partial charge in [0.2, 0.25) is 0 Å². The normalized spacial score (nSPS) is 7.12. The molecule has 0 bridgehead atoms. The summed E-state index contributed by atoms with van der Waals surface area (Å²) >= 11 is 0. The van der Waals surface area contributed by atoms with Gasteiger partial charge in [-0.15, -0.1) is 0 Å². The molecule has 0 saturated heterocycles. The van der Waals surface area contributed by atoms with Gasteiger partial charge in [0.05, 0.1) is 6.33 Å². The monoisotopic (exact) mass is 327 g/mol. The summed E-state index contributed by atoms with van der Waals surface area (Å²) in [5.74, 6) is 1.42. The second-order valence-electron chi connectivity index (χ2n) is 3.30. The number of imidazole rings is 1. The van der Waals surface area contributed by atoms with Gasteiger partial charge in [0, 0.05) is 18.9 Å². The summed E-state index contributed by atoms with van der Waals surface area (Å²) in [6.45, 7) is 16.0. The van der Waals surface area contributed by atoms with E-state index < -0.39 is 0 Å². The van der Waals surface area contributed by atoms with Crippen molar-refractivity contribution in [3.05, 3.63) is 24.6 Å². The van der Waals surface area contributed by atoms with Crippen molar-refractivity contribution >= 4 is 13.6 Å². The fourth-order valence-electron chi connectivity index (χ4n) is 0.677. The molecule has 0 N–H and O–H groups in total. The van der Waals surface area contributed by atoms with Crippen LogP contribution in [0.15, 0.2) is 18.7 Å². The average Bonchev–Trinajstić information content (AvgIpc) is 2.76. The van der Waals surface area contributed by atoms with Gasteiger partial charge < -0.3 is 20.1 Å². The number of aryl methyl sites for hydroxylation is 1. The molecule has 1 heterocycles. The van der Waals surface area contributed by atoms with Gasteiger partial charge in [-0.05, 0) is 6.42 Å². The molecule has 0 spiro atoms. The number of carbonyl (C=O) groups excluding carboxylic acids is 2. The summed E-state index contributed by atoms with van der Waals surface area (Å²) in [5.41, 5.74) is 0. The zero-order valence-electron chi connectivity index (χ0n) is 10.9. The van der Waals surface area contributed by atoms with E-state index in [9.17, 15) is 0 Å². The topological polar surface area (TPSA) is 52.0 Å². The molecule has 0 saturated carbocycles. The molecule has 0 fully saturated rings. The van der Waals surface area contributed by atoms with E-state index in [0.29, 0.717) is 0 Å². The number of hydrogen-bond donors (Lipinski definition) is 0. The van der Waals surface area contributed by atoms with Crippen LogP contribution in [0.1, 0.15) is 34.1 Å². The first-order valence-electron chi connectivity index (χ1n) is 4.86. The molecule has 1 aromatic rings. The van der Waals surface area contributed by atoms with Gasteiger partial charge in [0.25, 0.3) is 0 Å². The quantitative estimate of drug-likeness (QED) is 0.476. The molecule has 99 valence electrons. The van der Waals surface area contributed by atoms with E-state index in [0.717, 1.165) is 6.54 Å². The molecule has 0 aliphatic heterocycles. The van der Waals surface area contributed by atoms with Gasteiger partial charge in [-0.25, -0.2) is 4.98 Å². The number of hydrogen-bond acceptors (Lipinski definition) is 3. The molecule has 4 nitrogen and oxygen atoms in total. The van der Waals surface area contributed by atoms with E-state index >= 15 is 0 Å². The van der Waals surface area contributed by atoms with Crippen LogP contribution in [-0.2, 0) is 35.6 Å². The minimum absolute atomic E-state index is 0. The number of rotatable bonds is 2. The predicted molar refractivity (Wildman–Crippen MR) is 66.3 cm³/mol. The Morgan fingerprint density at radius 3 is 1.82 bits per heavy atom. The molecule has 0 atom stereocenters. The van der Waals surface area contributed by atoms with Crippen LogP contribution >= 0.6 is 0 Å². The van der Waals surface area contributed by atoms with E-state index in [-0.39, 0.29) is 19.5 Å². The van der Waals surface area contributed by atoms with Gasteiger partial charge in [-0.3, -0.25) is 13.6 Å². The van der Waals surface area contributed by atoms with Crippen molar-refractivity contribution in [2.45, 2.75) is 40.7 Å². The van der Waals surface area contributed by atoms with E-state index in [1.807, 2.05) is 12.5 Å². The molecule has 0 aromatic carbocycles. The van der Waals surface area contributed by atoms with Crippen molar-refractivity contribution in [1.29, 1.82) is 0 Å².